The second-order valence-corrected chi connectivity index (χ2v) is 6.46. The van der Waals surface area contributed by atoms with Crippen LogP contribution in [0.5, 0.6) is 0 Å². The SMILES string of the molecule is CCOC(=O)c1[se]c(-c2ccc(Cl)c(C#N)c2)nc1C. The standard InChI is InChI=1S/C14H11ClN2O2Se/c1-3-19-14(18)12-8(2)17-13(20-12)9-4-5-11(15)10(6-9)7-16/h4-6H,3H2,1-2H3. The van der Waals surface area contributed by atoms with E-state index in [1.54, 1.807) is 26.0 Å². The van der Waals surface area contributed by atoms with Crippen molar-refractivity contribution in [3.63, 3.8) is 0 Å². The van der Waals surface area contributed by atoms with Gasteiger partial charge in [-0.2, -0.15) is 0 Å². The van der Waals surface area contributed by atoms with Crippen LogP contribution in [0.2, 0.25) is 5.02 Å². The first-order valence-corrected chi connectivity index (χ1v) is 8.00. The van der Waals surface area contributed by atoms with E-state index in [2.05, 4.69) is 4.98 Å². The van der Waals surface area contributed by atoms with Crippen molar-refractivity contribution in [2.24, 2.45) is 0 Å². The molecule has 20 heavy (non-hydrogen) atoms. The van der Waals surface area contributed by atoms with Crippen LogP contribution in [0.4, 0.5) is 0 Å². The van der Waals surface area contributed by atoms with Crippen LogP contribution in [-0.2, 0) is 4.74 Å². The number of benzene rings is 1. The van der Waals surface area contributed by atoms with Gasteiger partial charge in [-0.3, -0.25) is 0 Å². The zero-order valence-corrected chi connectivity index (χ0v) is 13.4. The predicted octanol–water partition coefficient (Wildman–Crippen LogP) is 2.82. The summed E-state index contributed by atoms with van der Waals surface area (Å²) in [6, 6.07) is 7.22. The average molecular weight is 354 g/mol. The van der Waals surface area contributed by atoms with Gasteiger partial charge in [0.05, 0.1) is 0 Å². The summed E-state index contributed by atoms with van der Waals surface area (Å²) in [4.78, 5) is 16.2. The number of rotatable bonds is 3. The molecule has 0 saturated carbocycles. The summed E-state index contributed by atoms with van der Waals surface area (Å²) in [6.07, 6.45) is 0. The fourth-order valence-corrected chi connectivity index (χ4v) is 3.82. The van der Waals surface area contributed by atoms with Crippen LogP contribution >= 0.6 is 11.6 Å². The van der Waals surface area contributed by atoms with E-state index in [9.17, 15) is 4.79 Å². The van der Waals surface area contributed by atoms with E-state index in [0.29, 0.717) is 27.3 Å². The summed E-state index contributed by atoms with van der Waals surface area (Å²) in [6.45, 7) is 3.92. The number of hydrogen-bond donors (Lipinski definition) is 0. The monoisotopic (exact) mass is 354 g/mol. The number of carbonyl (C=O) groups excluding carboxylic acids is 1. The van der Waals surface area contributed by atoms with Gasteiger partial charge >= 0.3 is 127 Å². The molecule has 0 amide bonds. The molecular formula is C14H11ClN2O2Se. The van der Waals surface area contributed by atoms with Gasteiger partial charge in [0.15, 0.2) is 0 Å². The molecule has 0 bridgehead atoms. The Morgan fingerprint density at radius 1 is 1.55 bits per heavy atom. The van der Waals surface area contributed by atoms with Gasteiger partial charge in [0.1, 0.15) is 0 Å². The van der Waals surface area contributed by atoms with Crippen LogP contribution in [-0.4, -0.2) is 32.1 Å². The van der Waals surface area contributed by atoms with Gasteiger partial charge in [-0.1, -0.05) is 0 Å². The fraction of sp³-hybridized carbons (Fsp3) is 0.214. The molecule has 0 aliphatic carbocycles. The molecule has 1 heterocycles. The molecule has 0 radical (unpaired) electrons. The number of esters is 1. The average Bonchev–Trinajstić information content (AvgIpc) is 2.82. The van der Waals surface area contributed by atoms with Crippen LogP contribution in [0, 0.1) is 18.3 Å². The normalized spacial score (nSPS) is 10.1. The second kappa shape index (κ2) is 6.23. The number of hydrogen-bond acceptors (Lipinski definition) is 4. The van der Waals surface area contributed by atoms with Gasteiger partial charge in [0.25, 0.3) is 0 Å². The van der Waals surface area contributed by atoms with E-state index in [1.807, 2.05) is 12.1 Å². The Morgan fingerprint density at radius 2 is 2.30 bits per heavy atom. The number of aromatic nitrogens is 1. The first kappa shape index (κ1) is 14.8. The molecule has 4 nitrogen and oxygen atoms in total. The van der Waals surface area contributed by atoms with Crippen LogP contribution in [0.15, 0.2) is 18.2 Å². The molecule has 0 atom stereocenters. The van der Waals surface area contributed by atoms with Crippen molar-refractivity contribution in [2.75, 3.05) is 6.61 Å². The number of halogens is 1. The van der Waals surface area contributed by atoms with Gasteiger partial charge in [-0.05, 0) is 0 Å². The molecular weight excluding hydrogens is 343 g/mol. The quantitative estimate of drug-likeness (QED) is 0.629. The van der Waals surface area contributed by atoms with Crippen molar-refractivity contribution in [1.29, 1.82) is 5.26 Å². The predicted molar refractivity (Wildman–Crippen MR) is 77.0 cm³/mol. The maximum absolute atomic E-state index is 11.8. The van der Waals surface area contributed by atoms with Crippen molar-refractivity contribution < 1.29 is 9.53 Å². The third-order valence-electron chi connectivity index (χ3n) is 2.59. The summed E-state index contributed by atoms with van der Waals surface area (Å²) < 4.78 is 6.46. The van der Waals surface area contributed by atoms with E-state index < -0.39 is 0 Å². The zero-order chi connectivity index (χ0) is 14.7. The molecule has 0 aliphatic heterocycles. The number of carbonyl (C=O) groups is 1. The Hall–Kier alpha value is -1.60. The van der Waals surface area contributed by atoms with Crippen LogP contribution in [0.1, 0.15) is 27.4 Å². The molecule has 1 aromatic carbocycles. The zero-order valence-electron chi connectivity index (χ0n) is 10.9. The minimum atomic E-state index is -0.307. The summed E-state index contributed by atoms with van der Waals surface area (Å²) in [5, 5.41) is 9.41. The van der Waals surface area contributed by atoms with E-state index >= 15 is 0 Å². The van der Waals surface area contributed by atoms with E-state index in [-0.39, 0.29) is 20.5 Å². The van der Waals surface area contributed by atoms with Crippen LogP contribution in [0.3, 0.4) is 0 Å². The van der Waals surface area contributed by atoms with Gasteiger partial charge in [0.2, 0.25) is 0 Å². The number of nitriles is 1. The molecule has 102 valence electrons. The second-order valence-electron chi connectivity index (χ2n) is 3.96. The number of ether oxygens (including phenoxy) is 1. The van der Waals surface area contributed by atoms with Crippen LogP contribution in [0.25, 0.3) is 10.1 Å². The Labute approximate surface area is 127 Å². The first-order valence-electron chi connectivity index (χ1n) is 5.91. The van der Waals surface area contributed by atoms with Crippen LogP contribution < -0.4 is 0 Å². The fourth-order valence-electron chi connectivity index (χ4n) is 1.65. The molecule has 0 fully saturated rings. The third-order valence-corrected chi connectivity index (χ3v) is 5.41. The van der Waals surface area contributed by atoms with Crippen molar-refractivity contribution in [1.82, 2.24) is 4.98 Å². The number of nitrogens with zero attached hydrogens (tertiary/aromatic N) is 2. The molecule has 0 spiro atoms. The molecule has 0 saturated heterocycles. The van der Waals surface area contributed by atoms with E-state index in [1.165, 1.54) is 0 Å². The molecule has 0 aliphatic rings. The van der Waals surface area contributed by atoms with Gasteiger partial charge in [-0.25, -0.2) is 0 Å². The molecule has 0 N–H and O–H groups in total. The van der Waals surface area contributed by atoms with Crippen molar-refractivity contribution in [3.8, 4) is 16.2 Å². The number of aryl methyl sites for hydroxylation is 1. The van der Waals surface area contributed by atoms with Gasteiger partial charge < -0.3 is 0 Å². The van der Waals surface area contributed by atoms with Crippen molar-refractivity contribution in [3.05, 3.63) is 38.9 Å². The topological polar surface area (TPSA) is 63.0 Å². The van der Waals surface area contributed by atoms with Crippen molar-refractivity contribution >= 4 is 32.1 Å². The summed E-state index contributed by atoms with van der Waals surface area (Å²) in [5.41, 5.74) is 1.92. The first-order chi connectivity index (χ1) is 9.56. The minimum absolute atomic E-state index is 0.211. The molecule has 2 aromatic rings. The Balaban J connectivity index is 2.42. The Kier molecular flexibility index (Phi) is 4.61. The van der Waals surface area contributed by atoms with Gasteiger partial charge in [-0.15, -0.1) is 0 Å². The Morgan fingerprint density at radius 3 is 2.95 bits per heavy atom. The maximum atomic E-state index is 11.8. The summed E-state index contributed by atoms with van der Waals surface area (Å²) in [7, 11) is 0. The Bertz CT molecular complexity index is 704. The summed E-state index contributed by atoms with van der Waals surface area (Å²) in [5.74, 6) is -0.307. The molecule has 1 aromatic heterocycles. The molecule has 6 heteroatoms. The van der Waals surface area contributed by atoms with Gasteiger partial charge in [0, 0.05) is 0 Å². The third kappa shape index (κ3) is 2.94. The summed E-state index contributed by atoms with van der Waals surface area (Å²) >= 11 is 5.70. The molecule has 0 unspecified atom stereocenters. The van der Waals surface area contributed by atoms with Crippen molar-refractivity contribution in [2.45, 2.75) is 13.8 Å². The van der Waals surface area contributed by atoms with E-state index in [0.717, 1.165) is 10.1 Å². The van der Waals surface area contributed by atoms with E-state index in [4.69, 9.17) is 21.6 Å². The molecule has 2 rings (SSSR count).